The summed E-state index contributed by atoms with van der Waals surface area (Å²) in [6.07, 6.45) is 0. The van der Waals surface area contributed by atoms with Crippen LogP contribution in [0.4, 0.5) is 15.8 Å². The molecule has 150 valence electrons. The number of nitrogens with zero attached hydrogens (tertiary/aromatic N) is 1. The zero-order valence-electron chi connectivity index (χ0n) is 15.6. The van der Waals surface area contributed by atoms with Gasteiger partial charge in [0.2, 0.25) is 0 Å². The molecule has 1 amide bonds. The quantitative estimate of drug-likeness (QED) is 0.640. The first kappa shape index (κ1) is 20.3. The lowest BCUT2D eigenvalue weighted by atomic mass is 10.3. The lowest BCUT2D eigenvalue weighted by Crippen LogP contribution is -2.26. The Labute approximate surface area is 168 Å². The second kappa shape index (κ2) is 8.74. The first-order chi connectivity index (χ1) is 13.9. The normalized spacial score (nSPS) is 11.0. The summed E-state index contributed by atoms with van der Waals surface area (Å²) in [6.45, 7) is -0.343. The fourth-order valence-electron chi connectivity index (χ4n) is 2.57. The van der Waals surface area contributed by atoms with Crippen molar-refractivity contribution in [2.45, 2.75) is 4.90 Å². The SMILES string of the molecule is CN(c1ccccc1)S(=O)(=O)c1cccc(NC(=O)COc2cccc(F)c2)c1. The van der Waals surface area contributed by atoms with E-state index in [0.717, 1.165) is 0 Å². The third-order valence-corrected chi connectivity index (χ3v) is 5.84. The fraction of sp³-hybridized carbons (Fsp3) is 0.0952. The van der Waals surface area contributed by atoms with Gasteiger partial charge in [0.15, 0.2) is 6.61 Å². The number of nitrogens with one attached hydrogen (secondary N) is 1. The number of carbonyl (C=O) groups excluding carboxylic acids is 1. The van der Waals surface area contributed by atoms with Crippen LogP contribution in [0.25, 0.3) is 0 Å². The number of benzene rings is 3. The molecule has 0 aliphatic rings. The number of hydrogen-bond acceptors (Lipinski definition) is 4. The van der Waals surface area contributed by atoms with Crippen molar-refractivity contribution < 1.29 is 22.3 Å². The molecule has 0 atom stereocenters. The second-order valence-electron chi connectivity index (χ2n) is 6.13. The minimum atomic E-state index is -3.80. The average Bonchev–Trinajstić information content (AvgIpc) is 2.72. The third-order valence-electron chi connectivity index (χ3n) is 4.06. The van der Waals surface area contributed by atoms with Crippen LogP contribution in [-0.4, -0.2) is 28.0 Å². The Bertz CT molecular complexity index is 1100. The van der Waals surface area contributed by atoms with Crippen LogP contribution >= 0.6 is 0 Å². The number of hydrogen-bond donors (Lipinski definition) is 1. The van der Waals surface area contributed by atoms with Crippen LogP contribution in [-0.2, 0) is 14.8 Å². The van der Waals surface area contributed by atoms with E-state index in [4.69, 9.17) is 4.74 Å². The molecule has 6 nitrogen and oxygen atoms in total. The lowest BCUT2D eigenvalue weighted by molar-refractivity contribution is -0.118. The second-order valence-corrected chi connectivity index (χ2v) is 8.10. The van der Waals surface area contributed by atoms with Gasteiger partial charge >= 0.3 is 0 Å². The number of rotatable bonds is 7. The van der Waals surface area contributed by atoms with Crippen molar-refractivity contribution in [2.75, 3.05) is 23.3 Å². The summed E-state index contributed by atoms with van der Waals surface area (Å²) >= 11 is 0. The van der Waals surface area contributed by atoms with E-state index in [0.29, 0.717) is 11.4 Å². The molecule has 0 saturated heterocycles. The minimum absolute atomic E-state index is 0.0349. The Hall–Kier alpha value is -3.39. The summed E-state index contributed by atoms with van der Waals surface area (Å²) < 4.78 is 45.3. The van der Waals surface area contributed by atoms with E-state index < -0.39 is 21.7 Å². The van der Waals surface area contributed by atoms with Crippen molar-refractivity contribution in [1.29, 1.82) is 0 Å². The monoisotopic (exact) mass is 414 g/mol. The first-order valence-electron chi connectivity index (χ1n) is 8.68. The molecule has 29 heavy (non-hydrogen) atoms. The lowest BCUT2D eigenvalue weighted by Gasteiger charge is -2.19. The molecule has 8 heteroatoms. The van der Waals surface area contributed by atoms with Crippen molar-refractivity contribution in [3.8, 4) is 5.75 Å². The number of carbonyl (C=O) groups is 1. The van der Waals surface area contributed by atoms with Gasteiger partial charge in [-0.25, -0.2) is 12.8 Å². The van der Waals surface area contributed by atoms with Crippen molar-refractivity contribution in [3.63, 3.8) is 0 Å². The molecule has 3 aromatic carbocycles. The molecule has 3 rings (SSSR count). The molecule has 0 unspecified atom stereocenters. The number of ether oxygens (including phenoxy) is 1. The summed E-state index contributed by atoms with van der Waals surface area (Å²) in [5.41, 5.74) is 0.825. The molecule has 0 aliphatic carbocycles. The third kappa shape index (κ3) is 5.11. The highest BCUT2D eigenvalue weighted by atomic mass is 32.2. The van der Waals surface area contributed by atoms with Gasteiger partial charge in [-0.05, 0) is 42.5 Å². The molecule has 0 radical (unpaired) electrons. The van der Waals surface area contributed by atoms with Gasteiger partial charge in [0.1, 0.15) is 11.6 Å². The molecule has 0 aliphatic heterocycles. The summed E-state index contributed by atoms with van der Waals surface area (Å²) in [7, 11) is -2.34. The number of anilines is 2. The molecule has 0 heterocycles. The number of para-hydroxylation sites is 1. The Morgan fingerprint density at radius 2 is 1.72 bits per heavy atom. The molecule has 3 aromatic rings. The largest absolute Gasteiger partial charge is 0.484 e. The highest BCUT2D eigenvalue weighted by molar-refractivity contribution is 7.92. The summed E-state index contributed by atoms with van der Waals surface area (Å²) in [4.78, 5) is 12.1. The van der Waals surface area contributed by atoms with Crippen LogP contribution < -0.4 is 14.4 Å². The van der Waals surface area contributed by atoms with Crippen LogP contribution in [0.3, 0.4) is 0 Å². The highest BCUT2D eigenvalue weighted by Crippen LogP contribution is 2.23. The maximum atomic E-state index is 13.1. The van der Waals surface area contributed by atoms with Gasteiger partial charge in [-0.3, -0.25) is 9.10 Å². The maximum Gasteiger partial charge on any atom is 0.264 e. The van der Waals surface area contributed by atoms with Crippen molar-refractivity contribution in [2.24, 2.45) is 0 Å². The summed E-state index contributed by atoms with van der Waals surface area (Å²) in [5, 5.41) is 2.58. The minimum Gasteiger partial charge on any atom is -0.484 e. The maximum absolute atomic E-state index is 13.1. The Kier molecular flexibility index (Phi) is 6.13. The van der Waals surface area contributed by atoms with E-state index in [1.54, 1.807) is 36.4 Å². The van der Waals surface area contributed by atoms with Crippen LogP contribution in [0.1, 0.15) is 0 Å². The van der Waals surface area contributed by atoms with Gasteiger partial charge in [-0.15, -0.1) is 0 Å². The topological polar surface area (TPSA) is 75.7 Å². The number of halogens is 1. The van der Waals surface area contributed by atoms with Crippen molar-refractivity contribution in [1.82, 2.24) is 0 Å². The molecule has 0 fully saturated rings. The van der Waals surface area contributed by atoms with Crippen LogP contribution in [0.2, 0.25) is 0 Å². The molecule has 1 N–H and O–H groups in total. The van der Waals surface area contributed by atoms with E-state index in [9.17, 15) is 17.6 Å². The number of amides is 1. The molecular weight excluding hydrogens is 395 g/mol. The molecule has 0 spiro atoms. The predicted octanol–water partition coefficient (Wildman–Crippen LogP) is 3.67. The van der Waals surface area contributed by atoms with E-state index in [-0.39, 0.29) is 17.3 Å². The standard InChI is InChI=1S/C21H19FN2O4S/c1-24(18-9-3-2-4-10-18)29(26,27)20-12-6-8-17(14-20)23-21(25)15-28-19-11-5-7-16(22)13-19/h2-14H,15H2,1H3,(H,23,25). The predicted molar refractivity (Wildman–Crippen MR) is 109 cm³/mol. The zero-order valence-corrected chi connectivity index (χ0v) is 16.4. The van der Waals surface area contributed by atoms with Gasteiger partial charge in [-0.1, -0.05) is 30.3 Å². The van der Waals surface area contributed by atoms with Crippen molar-refractivity contribution in [3.05, 3.63) is 84.7 Å². The Balaban J connectivity index is 1.69. The van der Waals surface area contributed by atoms with Gasteiger partial charge in [0.25, 0.3) is 15.9 Å². The van der Waals surface area contributed by atoms with Crippen molar-refractivity contribution >= 4 is 27.3 Å². The van der Waals surface area contributed by atoms with Gasteiger partial charge < -0.3 is 10.1 Å². The van der Waals surface area contributed by atoms with Gasteiger partial charge in [0.05, 0.1) is 10.6 Å². The number of sulfonamides is 1. The van der Waals surface area contributed by atoms with Crippen LogP contribution in [0.15, 0.2) is 83.8 Å². The Morgan fingerprint density at radius 3 is 2.45 bits per heavy atom. The highest BCUT2D eigenvalue weighted by Gasteiger charge is 2.21. The van der Waals surface area contributed by atoms with E-state index in [1.165, 1.54) is 53.8 Å². The van der Waals surface area contributed by atoms with Crippen LogP contribution in [0, 0.1) is 5.82 Å². The van der Waals surface area contributed by atoms with Gasteiger partial charge in [0, 0.05) is 18.8 Å². The summed E-state index contributed by atoms with van der Waals surface area (Å²) in [5.74, 6) is -0.746. The molecule has 0 bridgehead atoms. The zero-order chi connectivity index (χ0) is 20.9. The van der Waals surface area contributed by atoms with Gasteiger partial charge in [-0.2, -0.15) is 0 Å². The molecule has 0 saturated carbocycles. The summed E-state index contributed by atoms with van der Waals surface area (Å²) in [6, 6.07) is 20.0. The molecule has 0 aromatic heterocycles. The fourth-order valence-corrected chi connectivity index (χ4v) is 3.81. The molecular formula is C21H19FN2O4S. The van der Waals surface area contributed by atoms with E-state index >= 15 is 0 Å². The smallest absolute Gasteiger partial charge is 0.264 e. The first-order valence-corrected chi connectivity index (χ1v) is 10.1. The average molecular weight is 414 g/mol. The van der Waals surface area contributed by atoms with E-state index in [2.05, 4.69) is 5.32 Å². The van der Waals surface area contributed by atoms with Crippen LogP contribution in [0.5, 0.6) is 5.75 Å². The van der Waals surface area contributed by atoms with E-state index in [1.807, 2.05) is 0 Å². The Morgan fingerprint density at radius 1 is 1.00 bits per heavy atom.